The van der Waals surface area contributed by atoms with Crippen molar-refractivity contribution in [1.82, 2.24) is 0 Å². The fraction of sp³-hybridized carbons (Fsp3) is 0.211. The van der Waals surface area contributed by atoms with Gasteiger partial charge in [0, 0.05) is 5.92 Å². The average Bonchev–Trinajstić information content (AvgIpc) is 3.20. The van der Waals surface area contributed by atoms with Gasteiger partial charge in [0.05, 0.1) is 19.3 Å². The third-order valence-electron chi connectivity index (χ3n) is 4.24. The third kappa shape index (κ3) is 2.68. The molecule has 1 saturated carbocycles. The lowest BCUT2D eigenvalue weighted by molar-refractivity contribution is -0.135. The standard InChI is InChI=1S/C19H16O4/c1-21-14-6-4-12-5-7-15(10-13(12)9-14)23-19(20)17-11-16(17)18-3-2-8-22-18/h2-10,16-17H,11H2,1H3. The third-order valence-corrected chi connectivity index (χ3v) is 4.24. The van der Waals surface area contributed by atoms with E-state index in [1.54, 1.807) is 13.4 Å². The lowest BCUT2D eigenvalue weighted by atomic mass is 10.1. The Morgan fingerprint density at radius 3 is 2.61 bits per heavy atom. The van der Waals surface area contributed by atoms with E-state index < -0.39 is 0 Å². The van der Waals surface area contributed by atoms with E-state index in [9.17, 15) is 4.79 Å². The minimum Gasteiger partial charge on any atom is -0.497 e. The van der Waals surface area contributed by atoms with E-state index in [1.807, 2.05) is 48.5 Å². The van der Waals surface area contributed by atoms with Gasteiger partial charge in [-0.15, -0.1) is 0 Å². The van der Waals surface area contributed by atoms with Gasteiger partial charge < -0.3 is 13.9 Å². The van der Waals surface area contributed by atoms with Crippen LogP contribution in [0.4, 0.5) is 0 Å². The molecule has 0 spiro atoms. The van der Waals surface area contributed by atoms with Crippen LogP contribution in [0.15, 0.2) is 59.2 Å². The molecule has 4 heteroatoms. The molecule has 1 heterocycles. The van der Waals surface area contributed by atoms with E-state index in [1.165, 1.54) is 0 Å². The van der Waals surface area contributed by atoms with Crippen LogP contribution in [0, 0.1) is 5.92 Å². The highest BCUT2D eigenvalue weighted by Crippen LogP contribution is 2.48. The van der Waals surface area contributed by atoms with Crippen molar-refractivity contribution >= 4 is 16.7 Å². The Hall–Kier alpha value is -2.75. The number of benzene rings is 2. The van der Waals surface area contributed by atoms with Crippen LogP contribution < -0.4 is 9.47 Å². The molecular weight excluding hydrogens is 292 g/mol. The second kappa shape index (κ2) is 5.47. The SMILES string of the molecule is COc1ccc2ccc(OC(=O)C3CC3c3ccco3)cc2c1. The van der Waals surface area contributed by atoms with Crippen molar-refractivity contribution < 1.29 is 18.7 Å². The predicted molar refractivity (Wildman–Crippen MR) is 85.7 cm³/mol. The highest BCUT2D eigenvalue weighted by molar-refractivity contribution is 5.86. The Kier molecular flexibility index (Phi) is 3.30. The summed E-state index contributed by atoms with van der Waals surface area (Å²) >= 11 is 0. The minimum absolute atomic E-state index is 0.109. The average molecular weight is 308 g/mol. The van der Waals surface area contributed by atoms with E-state index in [0.717, 1.165) is 28.7 Å². The zero-order chi connectivity index (χ0) is 15.8. The van der Waals surface area contributed by atoms with Gasteiger partial charge in [-0.1, -0.05) is 12.1 Å². The van der Waals surface area contributed by atoms with Crippen LogP contribution in [0.1, 0.15) is 18.1 Å². The van der Waals surface area contributed by atoms with Crippen LogP contribution >= 0.6 is 0 Å². The number of carbonyl (C=O) groups excluding carboxylic acids is 1. The largest absolute Gasteiger partial charge is 0.497 e. The molecular formula is C19H16O4. The van der Waals surface area contributed by atoms with E-state index in [2.05, 4.69) is 0 Å². The first-order chi connectivity index (χ1) is 11.2. The van der Waals surface area contributed by atoms with Crippen molar-refractivity contribution in [2.45, 2.75) is 12.3 Å². The fourth-order valence-electron chi connectivity index (χ4n) is 2.86. The molecule has 0 saturated heterocycles. The number of rotatable bonds is 4. The molecule has 0 N–H and O–H groups in total. The lowest BCUT2D eigenvalue weighted by Gasteiger charge is -2.07. The highest BCUT2D eigenvalue weighted by Gasteiger charge is 2.47. The minimum atomic E-state index is -0.200. The van der Waals surface area contributed by atoms with Crippen molar-refractivity contribution in [3.8, 4) is 11.5 Å². The van der Waals surface area contributed by atoms with Crippen molar-refractivity contribution in [2.75, 3.05) is 7.11 Å². The summed E-state index contributed by atoms with van der Waals surface area (Å²) in [5.41, 5.74) is 0. The Bertz CT molecular complexity index is 851. The summed E-state index contributed by atoms with van der Waals surface area (Å²) in [6.45, 7) is 0. The Labute approximate surface area is 133 Å². The van der Waals surface area contributed by atoms with Gasteiger partial charge in [-0.25, -0.2) is 0 Å². The summed E-state index contributed by atoms with van der Waals surface area (Å²) in [5.74, 6) is 2.03. The molecule has 4 rings (SSSR count). The second-order valence-corrected chi connectivity index (χ2v) is 5.76. The molecule has 2 atom stereocenters. The van der Waals surface area contributed by atoms with Crippen molar-refractivity contribution in [1.29, 1.82) is 0 Å². The van der Waals surface area contributed by atoms with E-state index in [0.29, 0.717) is 5.75 Å². The number of fused-ring (bicyclic) bond motifs is 1. The number of hydrogen-bond donors (Lipinski definition) is 0. The molecule has 4 nitrogen and oxygen atoms in total. The van der Waals surface area contributed by atoms with Crippen LogP contribution in [-0.2, 0) is 4.79 Å². The number of methoxy groups -OCH3 is 1. The quantitative estimate of drug-likeness (QED) is 0.536. The molecule has 1 aliphatic carbocycles. The van der Waals surface area contributed by atoms with Crippen LogP contribution in [-0.4, -0.2) is 13.1 Å². The number of ether oxygens (including phenoxy) is 2. The molecule has 1 aliphatic rings. The Morgan fingerprint density at radius 1 is 1.09 bits per heavy atom. The summed E-state index contributed by atoms with van der Waals surface area (Å²) in [6.07, 6.45) is 2.42. The van der Waals surface area contributed by atoms with Crippen LogP contribution in [0.2, 0.25) is 0 Å². The van der Waals surface area contributed by atoms with Crippen molar-refractivity contribution in [3.63, 3.8) is 0 Å². The maximum atomic E-state index is 12.3. The molecule has 0 aliphatic heterocycles. The van der Waals surface area contributed by atoms with Crippen molar-refractivity contribution in [3.05, 3.63) is 60.6 Å². The Balaban J connectivity index is 1.50. The molecule has 23 heavy (non-hydrogen) atoms. The molecule has 3 aromatic rings. The first kappa shape index (κ1) is 13.9. The van der Waals surface area contributed by atoms with E-state index in [-0.39, 0.29) is 17.8 Å². The maximum Gasteiger partial charge on any atom is 0.315 e. The fourth-order valence-corrected chi connectivity index (χ4v) is 2.86. The number of furan rings is 1. The van der Waals surface area contributed by atoms with Gasteiger partial charge in [-0.05, 0) is 53.6 Å². The molecule has 0 amide bonds. The zero-order valence-corrected chi connectivity index (χ0v) is 12.7. The highest BCUT2D eigenvalue weighted by atomic mass is 16.5. The van der Waals surface area contributed by atoms with Gasteiger partial charge in [0.15, 0.2) is 0 Å². The first-order valence-electron chi connectivity index (χ1n) is 7.57. The molecule has 116 valence electrons. The van der Waals surface area contributed by atoms with Gasteiger partial charge >= 0.3 is 5.97 Å². The molecule has 1 aromatic heterocycles. The predicted octanol–water partition coefficient (Wildman–Crippen LogP) is 4.15. The summed E-state index contributed by atoms with van der Waals surface area (Å²) in [4.78, 5) is 12.3. The monoisotopic (exact) mass is 308 g/mol. The van der Waals surface area contributed by atoms with Gasteiger partial charge in [0.1, 0.15) is 17.3 Å². The van der Waals surface area contributed by atoms with E-state index in [4.69, 9.17) is 13.9 Å². The molecule has 0 bridgehead atoms. The van der Waals surface area contributed by atoms with Crippen LogP contribution in [0.5, 0.6) is 11.5 Å². The lowest BCUT2D eigenvalue weighted by Crippen LogP contribution is -2.11. The summed E-state index contributed by atoms with van der Waals surface area (Å²) in [6, 6.07) is 15.2. The summed E-state index contributed by atoms with van der Waals surface area (Å²) in [5, 5.41) is 2.05. The maximum absolute atomic E-state index is 12.3. The molecule has 0 radical (unpaired) electrons. The summed E-state index contributed by atoms with van der Waals surface area (Å²) < 4.78 is 16.1. The van der Waals surface area contributed by atoms with Crippen LogP contribution in [0.25, 0.3) is 10.8 Å². The molecule has 1 fully saturated rings. The van der Waals surface area contributed by atoms with Gasteiger partial charge in [0.25, 0.3) is 0 Å². The number of carbonyl (C=O) groups is 1. The second-order valence-electron chi connectivity index (χ2n) is 5.76. The normalized spacial score (nSPS) is 19.5. The summed E-state index contributed by atoms with van der Waals surface area (Å²) in [7, 11) is 1.63. The Morgan fingerprint density at radius 2 is 1.87 bits per heavy atom. The number of hydrogen-bond acceptors (Lipinski definition) is 4. The molecule has 2 unspecified atom stereocenters. The topological polar surface area (TPSA) is 48.7 Å². The zero-order valence-electron chi connectivity index (χ0n) is 12.7. The van der Waals surface area contributed by atoms with E-state index >= 15 is 0 Å². The number of esters is 1. The van der Waals surface area contributed by atoms with Gasteiger partial charge in [-0.3, -0.25) is 4.79 Å². The first-order valence-corrected chi connectivity index (χ1v) is 7.57. The smallest absolute Gasteiger partial charge is 0.315 e. The van der Waals surface area contributed by atoms with Gasteiger partial charge in [0.2, 0.25) is 0 Å². The van der Waals surface area contributed by atoms with Gasteiger partial charge in [-0.2, -0.15) is 0 Å². The molecule has 2 aromatic carbocycles. The van der Waals surface area contributed by atoms with Crippen LogP contribution in [0.3, 0.4) is 0 Å². The van der Waals surface area contributed by atoms with Crippen molar-refractivity contribution in [2.24, 2.45) is 5.92 Å².